The van der Waals surface area contributed by atoms with Gasteiger partial charge in [-0.3, -0.25) is 4.79 Å². The van der Waals surface area contributed by atoms with Crippen LogP contribution >= 0.6 is 15.9 Å². The van der Waals surface area contributed by atoms with Crippen molar-refractivity contribution in [1.29, 1.82) is 0 Å². The van der Waals surface area contributed by atoms with E-state index in [-0.39, 0.29) is 24.7 Å². The van der Waals surface area contributed by atoms with Gasteiger partial charge in [0.25, 0.3) is 0 Å². The molecule has 0 spiro atoms. The number of aliphatic hydroxyl groups is 1. The molecule has 1 aromatic heterocycles. The maximum absolute atomic E-state index is 13.6. The summed E-state index contributed by atoms with van der Waals surface area (Å²) in [5.74, 6) is 0.286. The number of methoxy groups -OCH3 is 1. The number of H-pyrrole nitrogens is 1. The van der Waals surface area contributed by atoms with Gasteiger partial charge >= 0.3 is 0 Å². The lowest BCUT2D eigenvalue weighted by Crippen LogP contribution is -2.10. The minimum absolute atomic E-state index is 0.0104. The number of aromatic amines is 1. The molecule has 142 valence electrons. The summed E-state index contributed by atoms with van der Waals surface area (Å²) in [6.07, 6.45) is 1.65. The topological polar surface area (TPSA) is 71.6 Å². The number of benzene rings is 2. The Hall–Kier alpha value is -2.38. The van der Waals surface area contributed by atoms with E-state index in [2.05, 4.69) is 20.9 Å². The molecule has 1 heterocycles. The van der Waals surface area contributed by atoms with Crippen LogP contribution in [-0.2, 0) is 0 Å². The summed E-state index contributed by atoms with van der Waals surface area (Å²) in [4.78, 5) is 15.5. The predicted molar refractivity (Wildman–Crippen MR) is 105 cm³/mol. The summed E-state index contributed by atoms with van der Waals surface area (Å²) < 4.78 is 24.3. The Morgan fingerprint density at radius 1 is 1.30 bits per heavy atom. The second-order valence-electron chi connectivity index (χ2n) is 6.05. The first-order valence-electron chi connectivity index (χ1n) is 8.33. The third kappa shape index (κ3) is 3.84. The number of nitrogens with one attached hydrogen (secondary N) is 1. The zero-order chi connectivity index (χ0) is 19.6. The number of aliphatic hydroxyl groups excluding tert-OH is 1. The van der Waals surface area contributed by atoms with Crippen molar-refractivity contribution in [3.63, 3.8) is 0 Å². The van der Waals surface area contributed by atoms with E-state index in [4.69, 9.17) is 14.6 Å². The monoisotopic (exact) mass is 435 g/mol. The van der Waals surface area contributed by atoms with Crippen LogP contribution in [-0.4, -0.2) is 36.2 Å². The Bertz CT molecular complexity index is 986. The molecule has 1 atom stereocenters. The number of Topliss-reactive ketones (excluding diaryl/α,β-unsaturated/α-hetero) is 1. The third-order valence-corrected chi connectivity index (χ3v) is 5.20. The average Bonchev–Trinajstić information content (AvgIpc) is 3.07. The van der Waals surface area contributed by atoms with Crippen molar-refractivity contribution in [2.24, 2.45) is 0 Å². The molecule has 3 rings (SSSR count). The first kappa shape index (κ1) is 19.4. The number of hydrogen-bond donors (Lipinski definition) is 2. The average molecular weight is 436 g/mol. The van der Waals surface area contributed by atoms with Crippen molar-refractivity contribution in [3.8, 4) is 11.5 Å². The quantitative estimate of drug-likeness (QED) is 0.428. The summed E-state index contributed by atoms with van der Waals surface area (Å²) in [6.45, 7) is 1.71. The van der Waals surface area contributed by atoms with Gasteiger partial charge in [0, 0.05) is 40.4 Å². The van der Waals surface area contributed by atoms with Crippen LogP contribution in [0.5, 0.6) is 11.5 Å². The molecule has 27 heavy (non-hydrogen) atoms. The van der Waals surface area contributed by atoms with E-state index in [0.29, 0.717) is 11.1 Å². The number of hydrogen-bond acceptors (Lipinski definition) is 4. The summed E-state index contributed by atoms with van der Waals surface area (Å²) in [6, 6.07) is 7.72. The molecule has 0 saturated carbocycles. The van der Waals surface area contributed by atoms with Gasteiger partial charge in [0.2, 0.25) is 0 Å². The van der Waals surface area contributed by atoms with E-state index in [1.54, 1.807) is 13.3 Å². The summed E-state index contributed by atoms with van der Waals surface area (Å²) in [5.41, 5.74) is 2.71. The van der Waals surface area contributed by atoms with Crippen molar-refractivity contribution in [2.75, 3.05) is 20.3 Å². The van der Waals surface area contributed by atoms with Crippen molar-refractivity contribution >= 4 is 32.6 Å². The highest BCUT2D eigenvalue weighted by atomic mass is 79.9. The molecule has 2 aromatic carbocycles. The van der Waals surface area contributed by atoms with Crippen LogP contribution in [0.1, 0.15) is 26.3 Å². The lowest BCUT2D eigenvalue weighted by molar-refractivity contribution is 0.0991. The number of carbonyl (C=O) groups excluding carboxylic acids is 1. The van der Waals surface area contributed by atoms with Gasteiger partial charge in [-0.25, -0.2) is 4.39 Å². The molecule has 0 radical (unpaired) electrons. The fourth-order valence-corrected chi connectivity index (χ4v) is 3.58. The van der Waals surface area contributed by atoms with Gasteiger partial charge in [0.1, 0.15) is 28.8 Å². The van der Waals surface area contributed by atoms with Crippen molar-refractivity contribution in [2.45, 2.75) is 11.8 Å². The number of carbonyl (C=O) groups is 1. The van der Waals surface area contributed by atoms with Gasteiger partial charge in [0.05, 0.1) is 13.7 Å². The molecule has 0 aliphatic carbocycles. The van der Waals surface area contributed by atoms with Gasteiger partial charge in [-0.05, 0) is 24.6 Å². The number of ether oxygens (including phenoxy) is 2. The lowest BCUT2D eigenvalue weighted by Gasteiger charge is -2.15. The second kappa shape index (κ2) is 8.10. The summed E-state index contributed by atoms with van der Waals surface area (Å²) >= 11 is 3.42. The van der Waals surface area contributed by atoms with Crippen LogP contribution in [0, 0.1) is 12.7 Å². The molecule has 5 nitrogen and oxygen atoms in total. The molecule has 1 unspecified atom stereocenters. The Balaban J connectivity index is 1.99. The van der Waals surface area contributed by atoms with E-state index in [1.165, 1.54) is 18.2 Å². The molecule has 0 saturated heterocycles. The standard InChI is InChI=1S/C20H19BrFNO4/c1-11-7-14-15(10-23-16(14)9-17(11)26-2)20(25)19(21)13-4-3-12(22)8-18(13)27-6-5-24/h3-4,7-10,19,23-24H,5-6H2,1-2H3. The molecular weight excluding hydrogens is 417 g/mol. The zero-order valence-electron chi connectivity index (χ0n) is 14.9. The number of ketones is 1. The number of rotatable bonds is 7. The van der Waals surface area contributed by atoms with Crippen LogP contribution in [0.3, 0.4) is 0 Å². The highest BCUT2D eigenvalue weighted by molar-refractivity contribution is 9.09. The van der Waals surface area contributed by atoms with Crippen molar-refractivity contribution < 1.29 is 23.8 Å². The Kier molecular flexibility index (Phi) is 5.82. The molecule has 0 aliphatic rings. The number of aryl methyl sites for hydroxylation is 1. The highest BCUT2D eigenvalue weighted by Crippen LogP contribution is 2.37. The minimum atomic E-state index is -0.729. The normalized spacial score (nSPS) is 12.2. The van der Waals surface area contributed by atoms with Gasteiger partial charge in [-0.2, -0.15) is 0 Å². The van der Waals surface area contributed by atoms with Crippen LogP contribution < -0.4 is 9.47 Å². The fraction of sp³-hybridized carbons (Fsp3) is 0.250. The predicted octanol–water partition coefficient (Wildman–Crippen LogP) is 4.31. The van der Waals surface area contributed by atoms with Gasteiger partial charge in [-0.1, -0.05) is 22.0 Å². The van der Waals surface area contributed by atoms with E-state index in [0.717, 1.165) is 22.2 Å². The summed E-state index contributed by atoms with van der Waals surface area (Å²) in [5, 5.41) is 9.74. The molecule has 3 aromatic rings. The number of aromatic nitrogens is 1. The number of alkyl halides is 1. The third-order valence-electron chi connectivity index (χ3n) is 4.29. The van der Waals surface area contributed by atoms with Crippen LogP contribution in [0.15, 0.2) is 36.5 Å². The fourth-order valence-electron chi connectivity index (χ4n) is 2.96. The number of fused-ring (bicyclic) bond motifs is 1. The molecule has 7 heteroatoms. The minimum Gasteiger partial charge on any atom is -0.496 e. The maximum Gasteiger partial charge on any atom is 0.183 e. The first-order valence-corrected chi connectivity index (χ1v) is 9.25. The molecule has 0 aliphatic heterocycles. The molecule has 0 amide bonds. The lowest BCUT2D eigenvalue weighted by atomic mass is 10.0. The van der Waals surface area contributed by atoms with Crippen LogP contribution in [0.25, 0.3) is 10.9 Å². The van der Waals surface area contributed by atoms with E-state index < -0.39 is 10.6 Å². The first-order chi connectivity index (χ1) is 13.0. The Labute approximate surface area is 164 Å². The zero-order valence-corrected chi connectivity index (χ0v) is 16.5. The largest absolute Gasteiger partial charge is 0.496 e. The maximum atomic E-state index is 13.6. The van der Waals surface area contributed by atoms with Crippen LogP contribution in [0.2, 0.25) is 0 Å². The van der Waals surface area contributed by atoms with Gasteiger partial charge < -0.3 is 19.6 Å². The SMILES string of the molecule is COc1cc2[nH]cc(C(=O)C(Br)c3ccc(F)cc3OCCO)c2cc1C. The van der Waals surface area contributed by atoms with Gasteiger partial charge in [0.15, 0.2) is 5.78 Å². The number of halogens is 2. The van der Waals surface area contributed by atoms with E-state index in [1.807, 2.05) is 19.1 Å². The van der Waals surface area contributed by atoms with Gasteiger partial charge in [-0.15, -0.1) is 0 Å². The molecular formula is C20H19BrFNO4. The van der Waals surface area contributed by atoms with Crippen LogP contribution in [0.4, 0.5) is 4.39 Å². The van der Waals surface area contributed by atoms with E-state index in [9.17, 15) is 9.18 Å². The van der Waals surface area contributed by atoms with Crippen molar-refractivity contribution in [3.05, 3.63) is 59.0 Å². The molecule has 0 fully saturated rings. The second-order valence-corrected chi connectivity index (χ2v) is 6.97. The Morgan fingerprint density at radius 3 is 2.78 bits per heavy atom. The molecule has 2 N–H and O–H groups in total. The smallest absolute Gasteiger partial charge is 0.183 e. The molecule has 0 bridgehead atoms. The van der Waals surface area contributed by atoms with Crippen molar-refractivity contribution in [1.82, 2.24) is 4.98 Å². The summed E-state index contributed by atoms with van der Waals surface area (Å²) in [7, 11) is 1.60. The Morgan fingerprint density at radius 2 is 2.07 bits per heavy atom. The highest BCUT2D eigenvalue weighted by Gasteiger charge is 2.25. The van der Waals surface area contributed by atoms with E-state index >= 15 is 0 Å².